The highest BCUT2D eigenvalue weighted by Gasteiger charge is 2.18. The number of carbonyl (C=O) groups excluding carboxylic acids is 1. The first kappa shape index (κ1) is 15.3. The Hall–Kier alpha value is -0.780. The minimum atomic E-state index is -0.252. The number of phenols is 1. The van der Waals surface area contributed by atoms with E-state index in [0.29, 0.717) is 25.6 Å². The number of amides is 1. The van der Waals surface area contributed by atoms with Crippen molar-refractivity contribution in [2.75, 3.05) is 32.7 Å². The van der Waals surface area contributed by atoms with Crippen LogP contribution in [0.15, 0.2) is 22.7 Å². The summed E-state index contributed by atoms with van der Waals surface area (Å²) in [4.78, 5) is 13.8. The fourth-order valence-electron chi connectivity index (χ4n) is 1.47. The maximum absolute atomic E-state index is 12.2. The van der Waals surface area contributed by atoms with E-state index in [1.807, 2.05) is 0 Å². The second-order valence-electron chi connectivity index (χ2n) is 3.64. The Morgan fingerprint density at radius 2 is 2.22 bits per heavy atom. The van der Waals surface area contributed by atoms with E-state index >= 15 is 0 Å². The predicted molar refractivity (Wildman–Crippen MR) is 74.3 cm³/mol. The van der Waals surface area contributed by atoms with Crippen molar-refractivity contribution in [3.05, 3.63) is 28.2 Å². The average molecular weight is 337 g/mol. The van der Waals surface area contributed by atoms with Crippen molar-refractivity contribution in [1.82, 2.24) is 4.90 Å². The number of rotatable bonds is 6. The second-order valence-corrected chi connectivity index (χ2v) is 4.93. The van der Waals surface area contributed by atoms with Gasteiger partial charge in [0, 0.05) is 30.6 Å². The van der Waals surface area contributed by atoms with Crippen LogP contribution in [0.3, 0.4) is 0 Å². The lowest BCUT2D eigenvalue weighted by atomic mass is 10.1. The molecule has 0 bridgehead atoms. The van der Waals surface area contributed by atoms with E-state index in [0.717, 1.165) is 4.47 Å². The van der Waals surface area contributed by atoms with Crippen LogP contribution in [0.5, 0.6) is 5.75 Å². The average Bonchev–Trinajstić information content (AvgIpc) is 2.33. The molecule has 0 fully saturated rings. The first-order chi connectivity index (χ1) is 8.60. The van der Waals surface area contributed by atoms with Gasteiger partial charge in [-0.1, -0.05) is 15.9 Å². The number of ether oxygens (including phenoxy) is 1. The van der Waals surface area contributed by atoms with E-state index in [-0.39, 0.29) is 17.2 Å². The third kappa shape index (κ3) is 4.15. The monoisotopic (exact) mass is 335 g/mol. The Morgan fingerprint density at radius 3 is 2.78 bits per heavy atom. The van der Waals surface area contributed by atoms with Crippen LogP contribution >= 0.6 is 27.5 Å². The normalized spacial score (nSPS) is 10.4. The number of phenolic OH excluding ortho intramolecular Hbond substituents is 1. The molecule has 1 aromatic carbocycles. The number of halogens is 2. The molecule has 0 atom stereocenters. The molecule has 4 nitrogen and oxygen atoms in total. The topological polar surface area (TPSA) is 49.8 Å². The maximum Gasteiger partial charge on any atom is 0.257 e. The largest absolute Gasteiger partial charge is 0.507 e. The van der Waals surface area contributed by atoms with Crippen molar-refractivity contribution in [1.29, 1.82) is 0 Å². The van der Waals surface area contributed by atoms with Crippen LogP contribution in [0.25, 0.3) is 0 Å². The van der Waals surface area contributed by atoms with Crippen LogP contribution in [0, 0.1) is 0 Å². The Morgan fingerprint density at radius 1 is 1.50 bits per heavy atom. The molecule has 0 aliphatic carbocycles. The van der Waals surface area contributed by atoms with Crippen molar-refractivity contribution >= 4 is 33.4 Å². The van der Waals surface area contributed by atoms with E-state index in [1.165, 1.54) is 6.07 Å². The van der Waals surface area contributed by atoms with Crippen molar-refractivity contribution in [3.63, 3.8) is 0 Å². The zero-order valence-corrected chi connectivity index (χ0v) is 12.4. The van der Waals surface area contributed by atoms with Gasteiger partial charge in [0.25, 0.3) is 5.91 Å². The molecule has 1 amide bonds. The van der Waals surface area contributed by atoms with Crippen molar-refractivity contribution in [2.45, 2.75) is 0 Å². The molecule has 1 rings (SSSR count). The van der Waals surface area contributed by atoms with Crippen LogP contribution in [0.2, 0.25) is 0 Å². The molecule has 6 heteroatoms. The van der Waals surface area contributed by atoms with Crippen LogP contribution < -0.4 is 0 Å². The van der Waals surface area contributed by atoms with Gasteiger partial charge in [-0.3, -0.25) is 4.79 Å². The summed E-state index contributed by atoms with van der Waals surface area (Å²) in [5.41, 5.74) is 0.263. The van der Waals surface area contributed by atoms with Gasteiger partial charge in [-0.15, -0.1) is 11.6 Å². The molecule has 1 aromatic rings. The minimum Gasteiger partial charge on any atom is -0.507 e. The summed E-state index contributed by atoms with van der Waals surface area (Å²) in [6.07, 6.45) is 0. The highest BCUT2D eigenvalue weighted by Crippen LogP contribution is 2.23. The third-order valence-electron chi connectivity index (χ3n) is 2.40. The molecule has 0 unspecified atom stereocenters. The van der Waals surface area contributed by atoms with E-state index in [2.05, 4.69) is 15.9 Å². The molecular formula is C12H15BrClNO3. The first-order valence-corrected chi connectivity index (χ1v) is 6.75. The summed E-state index contributed by atoms with van der Waals surface area (Å²) < 4.78 is 5.67. The summed E-state index contributed by atoms with van der Waals surface area (Å²) in [5.74, 6) is 0.0382. The molecule has 0 aromatic heterocycles. The molecule has 0 heterocycles. The summed E-state index contributed by atoms with van der Waals surface area (Å²) in [6, 6.07) is 4.78. The molecule has 0 spiro atoms. The number of alkyl halides is 1. The number of benzene rings is 1. The number of nitrogens with zero attached hydrogens (tertiary/aromatic N) is 1. The highest BCUT2D eigenvalue weighted by atomic mass is 79.9. The number of aromatic hydroxyl groups is 1. The van der Waals surface area contributed by atoms with E-state index in [4.69, 9.17) is 16.3 Å². The van der Waals surface area contributed by atoms with E-state index in [9.17, 15) is 9.90 Å². The molecule has 18 heavy (non-hydrogen) atoms. The van der Waals surface area contributed by atoms with Crippen LogP contribution in [0.1, 0.15) is 10.4 Å². The molecule has 100 valence electrons. The number of hydrogen-bond donors (Lipinski definition) is 1. The lowest BCUT2D eigenvalue weighted by Gasteiger charge is -2.21. The van der Waals surface area contributed by atoms with Gasteiger partial charge < -0.3 is 14.7 Å². The van der Waals surface area contributed by atoms with Crippen molar-refractivity contribution in [2.24, 2.45) is 0 Å². The van der Waals surface area contributed by atoms with Gasteiger partial charge in [0.15, 0.2) is 0 Å². The van der Waals surface area contributed by atoms with Gasteiger partial charge in [0.05, 0.1) is 12.2 Å². The lowest BCUT2D eigenvalue weighted by molar-refractivity contribution is 0.0705. The summed E-state index contributed by atoms with van der Waals surface area (Å²) in [7, 11) is 1.57. The fourth-order valence-corrected chi connectivity index (χ4v) is 2.03. The zero-order valence-electron chi connectivity index (χ0n) is 10.0. The third-order valence-corrected chi connectivity index (χ3v) is 3.06. The summed E-state index contributed by atoms with van der Waals surface area (Å²) in [5, 5.41) is 9.76. The number of methoxy groups -OCH3 is 1. The molecule has 0 saturated heterocycles. The second kappa shape index (κ2) is 7.61. The number of hydrogen-bond acceptors (Lipinski definition) is 3. The quantitative estimate of drug-likeness (QED) is 0.812. The highest BCUT2D eigenvalue weighted by molar-refractivity contribution is 9.10. The first-order valence-electron chi connectivity index (χ1n) is 5.42. The summed E-state index contributed by atoms with van der Waals surface area (Å²) in [6.45, 7) is 1.29. The standard InChI is InChI=1S/C12H15BrClNO3/c1-18-7-6-15(5-4-14)12(17)10-3-2-9(13)8-11(10)16/h2-3,8,16H,4-7H2,1H3. The molecule has 1 N–H and O–H groups in total. The number of carbonyl (C=O) groups is 1. The van der Waals surface area contributed by atoms with Crippen molar-refractivity contribution in [3.8, 4) is 5.75 Å². The van der Waals surface area contributed by atoms with E-state index < -0.39 is 0 Å². The van der Waals surface area contributed by atoms with E-state index in [1.54, 1.807) is 24.1 Å². The lowest BCUT2D eigenvalue weighted by Crippen LogP contribution is -2.35. The van der Waals surface area contributed by atoms with Gasteiger partial charge in [0.2, 0.25) is 0 Å². The van der Waals surface area contributed by atoms with Gasteiger partial charge in [0.1, 0.15) is 5.75 Å². The van der Waals surface area contributed by atoms with Crippen molar-refractivity contribution < 1.29 is 14.6 Å². The predicted octanol–water partition coefficient (Wildman–Crippen LogP) is 2.48. The zero-order chi connectivity index (χ0) is 13.5. The maximum atomic E-state index is 12.2. The fraction of sp³-hybridized carbons (Fsp3) is 0.417. The van der Waals surface area contributed by atoms with Gasteiger partial charge in [-0.25, -0.2) is 0 Å². The Bertz CT molecular complexity index is 414. The summed E-state index contributed by atoms with van der Waals surface area (Å²) >= 11 is 8.90. The molecule has 0 radical (unpaired) electrons. The molecule has 0 aliphatic heterocycles. The van der Waals surface area contributed by atoms with Crippen LogP contribution in [-0.4, -0.2) is 48.6 Å². The Kier molecular flexibility index (Phi) is 6.46. The van der Waals surface area contributed by atoms with Gasteiger partial charge >= 0.3 is 0 Å². The Labute approximate surface area is 120 Å². The molecule has 0 aliphatic rings. The van der Waals surface area contributed by atoms with Gasteiger partial charge in [-0.2, -0.15) is 0 Å². The minimum absolute atomic E-state index is 0.0497. The smallest absolute Gasteiger partial charge is 0.257 e. The van der Waals surface area contributed by atoms with Crippen LogP contribution in [0.4, 0.5) is 0 Å². The van der Waals surface area contributed by atoms with Gasteiger partial charge in [-0.05, 0) is 18.2 Å². The van der Waals surface area contributed by atoms with Crippen LogP contribution in [-0.2, 0) is 4.74 Å². The molecular weight excluding hydrogens is 321 g/mol. The molecule has 0 saturated carbocycles. The SMILES string of the molecule is COCCN(CCCl)C(=O)c1ccc(Br)cc1O. The Balaban J connectivity index is 2.87.